The molecule has 0 atom stereocenters. The number of aryl methyl sites for hydroxylation is 1. The van der Waals surface area contributed by atoms with E-state index in [4.69, 9.17) is 15.2 Å². The van der Waals surface area contributed by atoms with Crippen LogP contribution in [0.1, 0.15) is 29.4 Å². The number of methoxy groups -OCH3 is 1. The molecule has 0 aliphatic carbocycles. The number of aromatic nitrogens is 2. The van der Waals surface area contributed by atoms with Crippen LogP contribution in [0.15, 0.2) is 29.4 Å². The van der Waals surface area contributed by atoms with Gasteiger partial charge in [-0.2, -0.15) is 10.4 Å². The monoisotopic (exact) mass is 355 g/mol. The summed E-state index contributed by atoms with van der Waals surface area (Å²) in [6.07, 6.45) is -0.523. The van der Waals surface area contributed by atoms with Gasteiger partial charge in [-0.25, -0.2) is 4.79 Å². The van der Waals surface area contributed by atoms with Crippen LogP contribution in [0.5, 0.6) is 0 Å². The quantitative estimate of drug-likeness (QED) is 0.504. The Balaban J connectivity index is 2.44. The molecule has 8 heteroatoms. The van der Waals surface area contributed by atoms with Crippen molar-refractivity contribution in [3.8, 4) is 6.07 Å². The van der Waals surface area contributed by atoms with Crippen molar-refractivity contribution < 1.29 is 14.7 Å². The third kappa shape index (κ3) is 4.00. The van der Waals surface area contributed by atoms with Gasteiger partial charge in [-0.3, -0.25) is 9.58 Å². The van der Waals surface area contributed by atoms with Gasteiger partial charge in [0.15, 0.2) is 0 Å². The van der Waals surface area contributed by atoms with E-state index in [-0.39, 0.29) is 6.54 Å². The van der Waals surface area contributed by atoms with Crippen molar-refractivity contribution in [2.24, 2.45) is 5.16 Å². The Morgan fingerprint density at radius 2 is 2.19 bits per heavy atom. The first-order valence-electron chi connectivity index (χ1n) is 7.97. The Morgan fingerprint density at radius 1 is 1.46 bits per heavy atom. The van der Waals surface area contributed by atoms with E-state index in [1.165, 1.54) is 12.0 Å². The number of nitrogens with zero attached hydrogens (tertiary/aromatic N) is 5. The molecule has 2 aromatic rings. The lowest BCUT2D eigenvalue weighted by molar-refractivity contribution is 0.178. The van der Waals surface area contributed by atoms with Crippen LogP contribution in [0.25, 0.3) is 0 Å². The van der Waals surface area contributed by atoms with Gasteiger partial charge in [0.2, 0.25) is 0 Å². The zero-order chi connectivity index (χ0) is 19.3. The zero-order valence-electron chi connectivity index (χ0n) is 15.2. The predicted molar refractivity (Wildman–Crippen MR) is 96.3 cm³/mol. The maximum absolute atomic E-state index is 12.4. The molecular formula is C18H21N5O3. The Bertz CT molecular complexity index is 879. The molecule has 8 nitrogen and oxygen atoms in total. The van der Waals surface area contributed by atoms with E-state index in [2.05, 4.69) is 16.3 Å². The number of benzene rings is 1. The Kier molecular flexibility index (Phi) is 5.96. The number of carbonyl (C=O) groups excluding carboxylic acids is 1. The first kappa shape index (κ1) is 19.0. The van der Waals surface area contributed by atoms with Crippen molar-refractivity contribution in [2.75, 3.05) is 12.0 Å². The van der Waals surface area contributed by atoms with Crippen molar-refractivity contribution in [1.82, 2.24) is 9.78 Å². The van der Waals surface area contributed by atoms with Crippen LogP contribution >= 0.6 is 0 Å². The molecule has 1 aromatic heterocycles. The van der Waals surface area contributed by atoms with Gasteiger partial charge in [0.05, 0.1) is 54.6 Å². The van der Waals surface area contributed by atoms with E-state index in [0.29, 0.717) is 29.2 Å². The topological polar surface area (TPSA) is 104 Å². The highest BCUT2D eigenvalue weighted by Crippen LogP contribution is 2.27. The van der Waals surface area contributed by atoms with Gasteiger partial charge in [0.25, 0.3) is 0 Å². The van der Waals surface area contributed by atoms with Crippen molar-refractivity contribution in [3.63, 3.8) is 0 Å². The number of oxime groups is 1. The fourth-order valence-electron chi connectivity index (χ4n) is 2.75. The van der Waals surface area contributed by atoms with Crippen LogP contribution in [0.4, 0.5) is 10.5 Å². The van der Waals surface area contributed by atoms with Crippen LogP contribution < -0.4 is 4.90 Å². The second-order valence-electron chi connectivity index (χ2n) is 5.88. The average Bonchev–Trinajstić information content (AvgIpc) is 2.92. The minimum Gasteiger partial charge on any atom is -0.452 e. The summed E-state index contributed by atoms with van der Waals surface area (Å²) < 4.78 is 6.61. The number of hydrogen-bond donors (Lipinski definition) is 1. The lowest BCUT2D eigenvalue weighted by Gasteiger charge is -2.22. The lowest BCUT2D eigenvalue weighted by Crippen LogP contribution is -2.31. The third-order valence-electron chi connectivity index (χ3n) is 3.95. The standard InChI is InChI=1S/C18H21N5O3/c1-12(21-25)10-23-14(3)17(13(2)20-23)22(18(24)26-4)11-16-7-5-6-15(8-16)9-19/h5-8,25H,10-11H2,1-4H3. The fraction of sp³-hybridized carbons (Fsp3) is 0.333. The second kappa shape index (κ2) is 8.16. The smallest absolute Gasteiger partial charge is 0.414 e. The molecule has 0 aliphatic heterocycles. The Morgan fingerprint density at radius 3 is 2.81 bits per heavy atom. The molecule has 0 saturated heterocycles. The van der Waals surface area contributed by atoms with Gasteiger partial charge in [0, 0.05) is 0 Å². The van der Waals surface area contributed by atoms with Crippen LogP contribution in [-0.2, 0) is 17.8 Å². The van der Waals surface area contributed by atoms with Crippen LogP contribution in [0.3, 0.4) is 0 Å². The maximum Gasteiger partial charge on any atom is 0.414 e. The average molecular weight is 355 g/mol. The molecule has 0 spiro atoms. The van der Waals surface area contributed by atoms with E-state index in [9.17, 15) is 4.79 Å². The number of hydrogen-bond acceptors (Lipinski definition) is 6. The fourth-order valence-corrected chi connectivity index (χ4v) is 2.75. The summed E-state index contributed by atoms with van der Waals surface area (Å²) in [5.41, 5.74) is 3.83. The highest BCUT2D eigenvalue weighted by molar-refractivity contribution is 5.89. The molecule has 0 unspecified atom stereocenters. The molecule has 136 valence electrons. The molecule has 26 heavy (non-hydrogen) atoms. The number of amides is 1. The van der Waals surface area contributed by atoms with Gasteiger partial charge in [-0.05, 0) is 38.5 Å². The highest BCUT2D eigenvalue weighted by Gasteiger charge is 2.24. The van der Waals surface area contributed by atoms with Crippen LogP contribution in [-0.4, -0.2) is 33.9 Å². The van der Waals surface area contributed by atoms with Gasteiger partial charge < -0.3 is 9.94 Å². The maximum atomic E-state index is 12.4. The molecule has 0 bridgehead atoms. The molecule has 1 heterocycles. The van der Waals surface area contributed by atoms with Gasteiger partial charge in [-0.15, -0.1) is 0 Å². The van der Waals surface area contributed by atoms with Crippen molar-refractivity contribution in [3.05, 3.63) is 46.8 Å². The molecule has 2 rings (SSSR count). The number of nitriles is 1. The Hall–Kier alpha value is -3.34. The molecule has 1 aromatic carbocycles. The highest BCUT2D eigenvalue weighted by atomic mass is 16.5. The molecule has 0 saturated carbocycles. The normalized spacial score (nSPS) is 11.1. The number of anilines is 1. The van der Waals surface area contributed by atoms with Crippen molar-refractivity contribution in [2.45, 2.75) is 33.9 Å². The molecular weight excluding hydrogens is 334 g/mol. The largest absolute Gasteiger partial charge is 0.452 e. The van der Waals surface area contributed by atoms with Gasteiger partial charge in [-0.1, -0.05) is 17.3 Å². The van der Waals surface area contributed by atoms with Crippen molar-refractivity contribution in [1.29, 1.82) is 5.26 Å². The van der Waals surface area contributed by atoms with Crippen LogP contribution in [0, 0.1) is 25.2 Å². The summed E-state index contributed by atoms with van der Waals surface area (Å²) in [6, 6.07) is 9.14. The van der Waals surface area contributed by atoms with Gasteiger partial charge >= 0.3 is 6.09 Å². The summed E-state index contributed by atoms with van der Waals surface area (Å²) in [6.45, 7) is 5.86. The number of rotatable bonds is 5. The summed E-state index contributed by atoms with van der Waals surface area (Å²) in [4.78, 5) is 13.9. The van der Waals surface area contributed by atoms with E-state index < -0.39 is 6.09 Å². The zero-order valence-corrected chi connectivity index (χ0v) is 15.2. The summed E-state index contributed by atoms with van der Waals surface area (Å²) in [5, 5.41) is 25.5. The summed E-state index contributed by atoms with van der Waals surface area (Å²) in [5.74, 6) is 0. The lowest BCUT2D eigenvalue weighted by atomic mass is 10.1. The van der Waals surface area contributed by atoms with Crippen molar-refractivity contribution >= 4 is 17.5 Å². The first-order chi connectivity index (χ1) is 12.4. The predicted octanol–water partition coefficient (Wildman–Crippen LogP) is 2.99. The summed E-state index contributed by atoms with van der Waals surface area (Å²) >= 11 is 0. The summed E-state index contributed by atoms with van der Waals surface area (Å²) in [7, 11) is 1.32. The molecule has 1 amide bonds. The van der Waals surface area contributed by atoms with Crippen LogP contribution in [0.2, 0.25) is 0 Å². The second-order valence-corrected chi connectivity index (χ2v) is 5.88. The Labute approximate surface area is 151 Å². The van der Waals surface area contributed by atoms with E-state index in [1.54, 1.807) is 36.7 Å². The molecule has 1 N–H and O–H groups in total. The minimum absolute atomic E-state index is 0.239. The molecule has 0 fully saturated rings. The SMILES string of the molecule is COC(=O)N(Cc1cccc(C#N)c1)c1c(C)nn(CC(C)=NO)c1C. The minimum atomic E-state index is -0.523. The number of ether oxygens (including phenoxy) is 1. The third-order valence-corrected chi connectivity index (χ3v) is 3.95. The first-order valence-corrected chi connectivity index (χ1v) is 7.97. The molecule has 0 aliphatic rings. The van der Waals surface area contributed by atoms with Gasteiger partial charge in [0.1, 0.15) is 0 Å². The van der Waals surface area contributed by atoms with E-state index in [1.807, 2.05) is 13.0 Å². The van der Waals surface area contributed by atoms with E-state index in [0.717, 1.165) is 11.3 Å². The number of carbonyl (C=O) groups is 1. The van der Waals surface area contributed by atoms with E-state index >= 15 is 0 Å². The molecule has 0 radical (unpaired) electrons.